The highest BCUT2D eigenvalue weighted by Crippen LogP contribution is 2.64. The molecular weight excluding hydrogens is 709 g/mol. The average molecular weight is 735 g/mol. The quantitative estimate of drug-likeness (QED) is 0.115. The number of aryl methyl sites for hydroxylation is 1. The molecule has 0 amide bonds. The first-order chi connectivity index (χ1) is 21.6. The number of carbonyl (C=O) groups is 1. The summed E-state index contributed by atoms with van der Waals surface area (Å²) in [5.74, 6) is -57.1. The number of alkyl halides is 17. The van der Waals surface area contributed by atoms with Crippen molar-refractivity contribution in [3.63, 3.8) is 0 Å². The molecule has 0 saturated carbocycles. The van der Waals surface area contributed by atoms with Gasteiger partial charge in [-0.1, -0.05) is 50.2 Å². The van der Waals surface area contributed by atoms with Gasteiger partial charge in [0.1, 0.15) is 5.52 Å². The summed E-state index contributed by atoms with van der Waals surface area (Å²) in [6.07, 6.45) is -8.39. The molecule has 0 saturated heterocycles. The van der Waals surface area contributed by atoms with Crippen LogP contribution in [-0.2, 0) is 6.54 Å². The van der Waals surface area contributed by atoms with Gasteiger partial charge < -0.3 is 5.11 Å². The zero-order valence-corrected chi connectivity index (χ0v) is 24.1. The lowest BCUT2D eigenvalue weighted by Crippen LogP contribution is -2.74. The molecule has 1 heterocycles. The molecule has 0 aliphatic carbocycles. The summed E-state index contributed by atoms with van der Waals surface area (Å²) in [6, 6.07) is 4.28. The summed E-state index contributed by atoms with van der Waals surface area (Å²) in [6.45, 7) is 0.437. The number of fused-ring (bicyclic) bond motifs is 1. The number of aromatic carboxylic acids is 1. The maximum atomic E-state index is 14.0. The SMILES string of the molecule is O=C(O)c1ccc2c(c1)nnn2CCCCCCCCCCCC(F)(F)C(F)(F)C(F)(F)C(F)(F)C(F)(F)C(F)(F)C(F)(F)C(F)(F)F. The monoisotopic (exact) mass is 735 g/mol. The van der Waals surface area contributed by atoms with Gasteiger partial charge in [-0.15, -0.1) is 5.10 Å². The normalized spacial score (nSPS) is 14.6. The molecule has 48 heavy (non-hydrogen) atoms. The van der Waals surface area contributed by atoms with Crippen LogP contribution in [0.1, 0.15) is 74.6 Å². The Hall–Kier alpha value is -3.10. The highest BCUT2D eigenvalue weighted by atomic mass is 19.4. The predicted octanol–water partition coefficient (Wildman–Crippen LogP) is 10.0. The van der Waals surface area contributed by atoms with E-state index in [0.29, 0.717) is 49.7 Å². The van der Waals surface area contributed by atoms with Crippen molar-refractivity contribution in [2.24, 2.45) is 0 Å². The van der Waals surface area contributed by atoms with E-state index in [9.17, 15) is 79.4 Å². The molecule has 0 unspecified atom stereocenters. The van der Waals surface area contributed by atoms with Crippen molar-refractivity contribution < 1.29 is 84.5 Å². The van der Waals surface area contributed by atoms with E-state index >= 15 is 0 Å². The zero-order chi connectivity index (χ0) is 37.2. The summed E-state index contributed by atoms with van der Waals surface area (Å²) >= 11 is 0. The minimum atomic E-state index is -8.61. The number of unbranched alkanes of at least 4 members (excludes halogenated alkanes) is 8. The summed E-state index contributed by atoms with van der Waals surface area (Å²) in [4.78, 5) is 11.0. The van der Waals surface area contributed by atoms with Crippen LogP contribution in [0.2, 0.25) is 0 Å². The van der Waals surface area contributed by atoms with Crippen LogP contribution >= 0.6 is 0 Å². The maximum Gasteiger partial charge on any atom is 0.460 e. The van der Waals surface area contributed by atoms with Crippen molar-refractivity contribution in [2.75, 3.05) is 0 Å². The molecule has 0 atom stereocenters. The van der Waals surface area contributed by atoms with Crippen molar-refractivity contribution >= 4 is 17.0 Å². The lowest BCUT2D eigenvalue weighted by molar-refractivity contribution is -0.461. The van der Waals surface area contributed by atoms with Crippen LogP contribution in [0.5, 0.6) is 0 Å². The molecule has 0 aliphatic rings. The van der Waals surface area contributed by atoms with E-state index in [0.717, 1.165) is 0 Å². The van der Waals surface area contributed by atoms with Gasteiger partial charge in [-0.25, -0.2) is 9.48 Å². The molecule has 1 aromatic heterocycles. The van der Waals surface area contributed by atoms with Gasteiger partial charge >= 0.3 is 53.6 Å². The largest absolute Gasteiger partial charge is 0.478 e. The van der Waals surface area contributed by atoms with Crippen LogP contribution in [0, 0.1) is 0 Å². The van der Waals surface area contributed by atoms with Crippen LogP contribution in [0.25, 0.3) is 11.0 Å². The first kappa shape index (κ1) is 41.1. The Morgan fingerprint density at radius 3 is 1.46 bits per heavy atom. The molecule has 1 aromatic carbocycles. The summed E-state index contributed by atoms with van der Waals surface area (Å²) in [7, 11) is 0. The Morgan fingerprint density at radius 2 is 1.00 bits per heavy atom. The number of carboxylic acids is 1. The van der Waals surface area contributed by atoms with Crippen molar-refractivity contribution in [1.29, 1.82) is 0 Å². The van der Waals surface area contributed by atoms with Gasteiger partial charge in [0, 0.05) is 13.0 Å². The molecule has 5 nitrogen and oxygen atoms in total. The van der Waals surface area contributed by atoms with E-state index < -0.39 is 72.9 Å². The van der Waals surface area contributed by atoms with E-state index in [1.807, 2.05) is 0 Å². The fraction of sp³-hybridized carbons (Fsp3) is 0.731. The molecule has 22 heteroatoms. The highest BCUT2D eigenvalue weighted by molar-refractivity contribution is 5.92. The second-order valence-corrected chi connectivity index (χ2v) is 10.9. The van der Waals surface area contributed by atoms with Crippen molar-refractivity contribution in [1.82, 2.24) is 15.0 Å². The van der Waals surface area contributed by atoms with Gasteiger partial charge in [0.2, 0.25) is 0 Å². The topological polar surface area (TPSA) is 68.0 Å². The molecule has 2 aromatic rings. The third kappa shape index (κ3) is 7.40. The number of halogens is 17. The smallest absolute Gasteiger partial charge is 0.460 e. The fourth-order valence-corrected chi connectivity index (χ4v) is 4.47. The number of rotatable bonds is 19. The van der Waals surface area contributed by atoms with E-state index in [1.54, 1.807) is 10.7 Å². The average Bonchev–Trinajstić information content (AvgIpc) is 3.36. The molecule has 276 valence electrons. The zero-order valence-electron chi connectivity index (χ0n) is 24.1. The van der Waals surface area contributed by atoms with Crippen molar-refractivity contribution in [3.8, 4) is 0 Å². The van der Waals surface area contributed by atoms with Crippen LogP contribution < -0.4 is 0 Å². The Morgan fingerprint density at radius 1 is 0.583 bits per heavy atom. The molecule has 0 aliphatic heterocycles. The Labute approximate surface area is 259 Å². The molecule has 0 fully saturated rings. The first-order valence-electron chi connectivity index (χ1n) is 13.9. The number of nitrogens with zero attached hydrogens (tertiary/aromatic N) is 3. The Bertz CT molecular complexity index is 1390. The second kappa shape index (κ2) is 14.0. The lowest BCUT2D eigenvalue weighted by atomic mass is 9.87. The molecule has 0 bridgehead atoms. The fourth-order valence-electron chi connectivity index (χ4n) is 4.47. The van der Waals surface area contributed by atoms with Gasteiger partial charge in [0.25, 0.3) is 0 Å². The number of carboxylic acid groups (broad SMARTS) is 1. The van der Waals surface area contributed by atoms with E-state index in [1.165, 1.54) is 12.1 Å². The predicted molar refractivity (Wildman–Crippen MR) is 131 cm³/mol. The van der Waals surface area contributed by atoms with Gasteiger partial charge in [0.15, 0.2) is 0 Å². The molecule has 1 N–H and O–H groups in total. The minimum Gasteiger partial charge on any atom is -0.478 e. The standard InChI is InChI=1S/C26H26F17N3O2/c27-19(28,20(29,30)21(31,32)22(33,34)23(35,36)24(37,38)25(39,40)26(41,42)43)12-8-6-4-2-1-3-5-7-9-13-46-17-11-10-15(18(47)48)14-16(17)44-45-46/h10-11,14H,1-9,12-13H2,(H,47,48). The third-order valence-electron chi connectivity index (χ3n) is 7.41. The van der Waals surface area contributed by atoms with Crippen molar-refractivity contribution in [2.45, 2.75) is 118 Å². The maximum absolute atomic E-state index is 14.0. The number of aromatic nitrogens is 3. The van der Waals surface area contributed by atoms with Crippen LogP contribution in [0.15, 0.2) is 18.2 Å². The number of hydrogen-bond acceptors (Lipinski definition) is 3. The molecule has 0 radical (unpaired) electrons. The van der Waals surface area contributed by atoms with Gasteiger partial charge in [-0.3, -0.25) is 0 Å². The Balaban J connectivity index is 1.83. The second-order valence-electron chi connectivity index (χ2n) is 10.9. The summed E-state index contributed by atoms with van der Waals surface area (Å²) in [5, 5.41) is 16.8. The number of hydrogen-bond donors (Lipinski definition) is 1. The van der Waals surface area contributed by atoms with Crippen LogP contribution in [0.3, 0.4) is 0 Å². The van der Waals surface area contributed by atoms with E-state index in [-0.39, 0.29) is 18.4 Å². The lowest BCUT2D eigenvalue weighted by Gasteiger charge is -2.42. The first-order valence-corrected chi connectivity index (χ1v) is 13.9. The Kier molecular flexibility index (Phi) is 12.0. The van der Waals surface area contributed by atoms with Crippen molar-refractivity contribution in [3.05, 3.63) is 23.8 Å². The third-order valence-corrected chi connectivity index (χ3v) is 7.41. The van der Waals surface area contributed by atoms with Gasteiger partial charge in [-0.2, -0.15) is 74.6 Å². The molecular formula is C26H26F17N3O2. The van der Waals surface area contributed by atoms with Gasteiger partial charge in [-0.05, 0) is 31.0 Å². The van der Waals surface area contributed by atoms with E-state index in [4.69, 9.17) is 5.11 Å². The number of benzene rings is 1. The van der Waals surface area contributed by atoms with E-state index in [2.05, 4.69) is 10.3 Å². The van der Waals surface area contributed by atoms with Crippen LogP contribution in [0.4, 0.5) is 74.6 Å². The highest BCUT2D eigenvalue weighted by Gasteiger charge is 2.95. The van der Waals surface area contributed by atoms with Gasteiger partial charge in [0.05, 0.1) is 11.1 Å². The molecule has 2 rings (SSSR count). The summed E-state index contributed by atoms with van der Waals surface area (Å²) in [5.41, 5.74) is 1.01. The minimum absolute atomic E-state index is 0.00823. The van der Waals surface area contributed by atoms with Crippen LogP contribution in [-0.4, -0.2) is 73.7 Å². The molecule has 0 spiro atoms. The summed E-state index contributed by atoms with van der Waals surface area (Å²) < 4.78 is 228.